The maximum Gasteiger partial charge on any atom is 0.265 e. The Labute approximate surface area is 164 Å². The summed E-state index contributed by atoms with van der Waals surface area (Å²) in [7, 11) is -3.54. The second-order valence-corrected chi connectivity index (χ2v) is 8.99. The lowest BCUT2D eigenvalue weighted by molar-refractivity contribution is -0.122. The van der Waals surface area contributed by atoms with Crippen LogP contribution in [0.15, 0.2) is 36.4 Å². The van der Waals surface area contributed by atoms with E-state index in [0.717, 1.165) is 17.4 Å². The largest absolute Gasteiger partial charge is 0.478 e. The van der Waals surface area contributed by atoms with Crippen molar-refractivity contribution in [3.8, 4) is 5.75 Å². The first-order valence-corrected chi connectivity index (χ1v) is 10.7. The van der Waals surface area contributed by atoms with Crippen LogP contribution < -0.4 is 14.4 Å². The summed E-state index contributed by atoms with van der Waals surface area (Å²) in [4.78, 5) is 12.8. The number of aryl methyl sites for hydroxylation is 2. The molecule has 0 aromatic heterocycles. The highest BCUT2D eigenvalue weighted by atomic mass is 35.5. The lowest BCUT2D eigenvalue weighted by Gasteiger charge is -2.21. The Bertz CT molecular complexity index is 991. The first kappa shape index (κ1) is 19.5. The molecule has 0 radical (unpaired) electrons. The van der Waals surface area contributed by atoms with Crippen molar-refractivity contribution in [2.75, 3.05) is 22.4 Å². The fraction of sp³-hybridized carbons (Fsp3) is 0.316. The van der Waals surface area contributed by atoms with Crippen molar-refractivity contribution in [2.24, 2.45) is 0 Å². The number of anilines is 2. The predicted molar refractivity (Wildman–Crippen MR) is 107 cm³/mol. The Kier molecular flexibility index (Phi) is 5.35. The first-order valence-electron chi connectivity index (χ1n) is 8.47. The van der Waals surface area contributed by atoms with Gasteiger partial charge in [-0.05, 0) is 49.2 Å². The molecule has 1 aliphatic rings. The first-order chi connectivity index (χ1) is 12.6. The van der Waals surface area contributed by atoms with Crippen LogP contribution in [0.1, 0.15) is 17.5 Å². The molecule has 0 saturated heterocycles. The third kappa shape index (κ3) is 4.36. The average molecular weight is 409 g/mol. The summed E-state index contributed by atoms with van der Waals surface area (Å²) in [5.74, 6) is -0.0107. The Morgan fingerprint density at radius 1 is 1.22 bits per heavy atom. The van der Waals surface area contributed by atoms with E-state index in [1.54, 1.807) is 12.1 Å². The number of hydrogen-bond acceptors (Lipinski definition) is 4. The average Bonchev–Trinajstić information content (AvgIpc) is 2.77. The predicted octanol–water partition coefficient (Wildman–Crippen LogP) is 3.51. The highest BCUT2D eigenvalue weighted by Gasteiger charge is 2.31. The minimum Gasteiger partial charge on any atom is -0.478 e. The van der Waals surface area contributed by atoms with Crippen molar-refractivity contribution in [2.45, 2.75) is 26.4 Å². The molecule has 27 heavy (non-hydrogen) atoms. The molecular formula is C19H21ClN2O4S. The van der Waals surface area contributed by atoms with Crippen molar-refractivity contribution in [3.05, 3.63) is 52.5 Å². The standard InChI is InChI=1S/C19H21ClN2O4S/c1-12-4-5-13(2)15(10-12)21-19(23)18-8-9-22(27(3,24)25)16-11-14(20)6-7-17(16)26-18/h4-7,10-11,18H,8-9H2,1-3H3,(H,21,23)/t18-/m1/s1. The molecule has 6 nitrogen and oxygen atoms in total. The molecule has 0 aliphatic carbocycles. The van der Waals surface area contributed by atoms with Crippen molar-refractivity contribution in [1.82, 2.24) is 0 Å². The SMILES string of the molecule is Cc1ccc(C)c(NC(=O)[C@H]2CCN(S(C)(=O)=O)c3cc(Cl)ccc3O2)c1. The number of ether oxygens (including phenoxy) is 1. The normalized spacial score (nSPS) is 16.9. The summed E-state index contributed by atoms with van der Waals surface area (Å²) in [6.45, 7) is 3.98. The molecule has 0 fully saturated rings. The number of nitrogens with one attached hydrogen (secondary N) is 1. The zero-order valence-electron chi connectivity index (χ0n) is 15.3. The van der Waals surface area contributed by atoms with E-state index in [9.17, 15) is 13.2 Å². The van der Waals surface area contributed by atoms with Crippen LogP contribution in [0, 0.1) is 13.8 Å². The lowest BCUT2D eigenvalue weighted by atomic mass is 10.1. The van der Waals surface area contributed by atoms with E-state index in [1.165, 1.54) is 10.4 Å². The molecule has 0 bridgehead atoms. The van der Waals surface area contributed by atoms with Crippen molar-refractivity contribution in [3.63, 3.8) is 0 Å². The molecule has 1 atom stereocenters. The van der Waals surface area contributed by atoms with E-state index in [1.807, 2.05) is 32.0 Å². The van der Waals surface area contributed by atoms with E-state index in [4.69, 9.17) is 16.3 Å². The number of halogens is 1. The number of carbonyl (C=O) groups is 1. The van der Waals surface area contributed by atoms with Gasteiger partial charge in [-0.25, -0.2) is 8.42 Å². The summed E-state index contributed by atoms with van der Waals surface area (Å²) in [5, 5.41) is 3.28. The van der Waals surface area contributed by atoms with Gasteiger partial charge in [0.25, 0.3) is 5.91 Å². The van der Waals surface area contributed by atoms with E-state index in [2.05, 4.69) is 5.32 Å². The molecule has 144 valence electrons. The molecule has 0 spiro atoms. The molecule has 8 heteroatoms. The molecule has 1 amide bonds. The quantitative estimate of drug-likeness (QED) is 0.843. The van der Waals surface area contributed by atoms with Gasteiger partial charge in [-0.3, -0.25) is 9.10 Å². The molecule has 2 aromatic carbocycles. The highest BCUT2D eigenvalue weighted by molar-refractivity contribution is 7.92. The lowest BCUT2D eigenvalue weighted by Crippen LogP contribution is -2.36. The van der Waals surface area contributed by atoms with Crippen LogP contribution in [-0.2, 0) is 14.8 Å². The number of amides is 1. The zero-order valence-corrected chi connectivity index (χ0v) is 16.9. The van der Waals surface area contributed by atoms with E-state index in [0.29, 0.717) is 22.1 Å². The third-order valence-electron chi connectivity index (χ3n) is 4.40. The summed E-state index contributed by atoms with van der Waals surface area (Å²) < 4.78 is 31.5. The molecule has 0 unspecified atom stereocenters. The smallest absolute Gasteiger partial charge is 0.265 e. The Morgan fingerprint density at radius 2 is 1.96 bits per heavy atom. The van der Waals surface area contributed by atoms with Crippen molar-refractivity contribution >= 4 is 38.9 Å². The molecule has 1 aliphatic heterocycles. The summed E-state index contributed by atoms with van der Waals surface area (Å²) in [6.07, 6.45) is 0.515. The van der Waals surface area contributed by atoms with Crippen molar-refractivity contribution in [1.29, 1.82) is 0 Å². The van der Waals surface area contributed by atoms with E-state index >= 15 is 0 Å². The Morgan fingerprint density at radius 3 is 2.67 bits per heavy atom. The van der Waals surface area contributed by atoms with Gasteiger partial charge in [0.2, 0.25) is 10.0 Å². The van der Waals surface area contributed by atoms with Gasteiger partial charge >= 0.3 is 0 Å². The minimum atomic E-state index is -3.54. The van der Waals surface area contributed by atoms with Crippen LogP contribution in [0.3, 0.4) is 0 Å². The fourth-order valence-electron chi connectivity index (χ4n) is 2.97. The number of nitrogens with zero attached hydrogens (tertiary/aromatic N) is 1. The number of carbonyl (C=O) groups excluding carboxylic acids is 1. The second-order valence-electron chi connectivity index (χ2n) is 6.65. The van der Waals surface area contributed by atoms with Crippen LogP contribution in [-0.4, -0.2) is 33.2 Å². The minimum absolute atomic E-state index is 0.122. The second kappa shape index (κ2) is 7.40. The number of hydrogen-bond donors (Lipinski definition) is 1. The summed E-state index contributed by atoms with van der Waals surface area (Å²) >= 11 is 6.03. The van der Waals surface area contributed by atoms with Gasteiger partial charge in [-0.1, -0.05) is 23.7 Å². The number of sulfonamides is 1. The van der Waals surface area contributed by atoms with Gasteiger partial charge in [0, 0.05) is 23.7 Å². The summed E-state index contributed by atoms with van der Waals surface area (Å²) in [5.41, 5.74) is 3.02. The fourth-order valence-corrected chi connectivity index (χ4v) is 4.07. The number of rotatable bonds is 3. The molecule has 0 saturated carbocycles. The molecular weight excluding hydrogens is 388 g/mol. The maximum atomic E-state index is 12.8. The number of fused-ring (bicyclic) bond motifs is 1. The monoisotopic (exact) mass is 408 g/mol. The van der Waals surface area contributed by atoms with Gasteiger partial charge in [0.05, 0.1) is 11.9 Å². The number of benzene rings is 2. The zero-order chi connectivity index (χ0) is 19.8. The third-order valence-corrected chi connectivity index (χ3v) is 5.81. The molecule has 3 rings (SSSR count). The van der Waals surface area contributed by atoms with Gasteiger partial charge < -0.3 is 10.1 Å². The van der Waals surface area contributed by atoms with E-state index in [-0.39, 0.29) is 18.9 Å². The Balaban J connectivity index is 1.90. The van der Waals surface area contributed by atoms with Gasteiger partial charge in [0.1, 0.15) is 5.75 Å². The van der Waals surface area contributed by atoms with Crippen LogP contribution in [0.2, 0.25) is 5.02 Å². The van der Waals surface area contributed by atoms with Gasteiger partial charge in [-0.2, -0.15) is 0 Å². The molecule has 1 N–H and O–H groups in total. The summed E-state index contributed by atoms with van der Waals surface area (Å²) in [6, 6.07) is 10.5. The molecule has 2 aromatic rings. The maximum absolute atomic E-state index is 12.8. The molecule has 1 heterocycles. The van der Waals surface area contributed by atoms with Crippen LogP contribution in [0.5, 0.6) is 5.75 Å². The van der Waals surface area contributed by atoms with Crippen LogP contribution in [0.25, 0.3) is 0 Å². The van der Waals surface area contributed by atoms with E-state index < -0.39 is 16.1 Å². The van der Waals surface area contributed by atoms with Gasteiger partial charge in [-0.15, -0.1) is 0 Å². The highest BCUT2D eigenvalue weighted by Crippen LogP contribution is 2.36. The van der Waals surface area contributed by atoms with Crippen LogP contribution in [0.4, 0.5) is 11.4 Å². The Hall–Kier alpha value is -2.25. The van der Waals surface area contributed by atoms with Crippen LogP contribution >= 0.6 is 11.6 Å². The topological polar surface area (TPSA) is 75.7 Å². The van der Waals surface area contributed by atoms with Gasteiger partial charge in [0.15, 0.2) is 6.10 Å². The van der Waals surface area contributed by atoms with Crippen molar-refractivity contribution < 1.29 is 17.9 Å².